The van der Waals surface area contributed by atoms with E-state index in [0.717, 1.165) is 0 Å². The highest BCUT2D eigenvalue weighted by Crippen LogP contribution is 1.80. The number of hydrogen-bond donors (Lipinski definition) is 3. The molecule has 0 aromatic carbocycles. The Morgan fingerprint density at radius 1 is 1.33 bits per heavy atom. The molecule has 0 atom stereocenters. The lowest BCUT2D eigenvalue weighted by atomic mass is 10.4. The van der Waals surface area contributed by atoms with E-state index in [2.05, 4.69) is 34.6 Å². The van der Waals surface area contributed by atoms with Crippen LogP contribution in [0.3, 0.4) is 0 Å². The van der Waals surface area contributed by atoms with Crippen molar-refractivity contribution in [2.75, 3.05) is 25.4 Å². The van der Waals surface area contributed by atoms with E-state index in [1.54, 1.807) is 0 Å². The van der Waals surface area contributed by atoms with Crippen LogP contribution in [0, 0.1) is 0 Å². The molecule has 0 aliphatic heterocycles. The van der Waals surface area contributed by atoms with Gasteiger partial charge in [0.15, 0.2) is 0 Å². The van der Waals surface area contributed by atoms with Crippen molar-refractivity contribution in [3.8, 4) is 0 Å². The second-order valence-electron chi connectivity index (χ2n) is 2.68. The number of rotatable bonds is 7. The molecule has 0 fully saturated rings. The number of amides is 2. The number of nitrogens with one attached hydrogen (secondary N) is 2. The van der Waals surface area contributed by atoms with Gasteiger partial charge in [0, 0.05) is 13.1 Å². The van der Waals surface area contributed by atoms with Crippen molar-refractivity contribution in [1.82, 2.24) is 10.6 Å². The molecule has 0 rings (SSSR count). The summed E-state index contributed by atoms with van der Waals surface area (Å²) in [6, 6.07) is 0. The summed E-state index contributed by atoms with van der Waals surface area (Å²) in [5.74, 6) is 0.0574. The summed E-state index contributed by atoms with van der Waals surface area (Å²) in [7, 11) is 0. The van der Waals surface area contributed by atoms with Gasteiger partial charge in [0.1, 0.15) is 6.61 Å². The summed E-state index contributed by atoms with van der Waals surface area (Å²) in [5, 5.41) is 5.16. The highest BCUT2D eigenvalue weighted by Gasteiger charge is 1.99. The Morgan fingerprint density at radius 3 is 2.60 bits per heavy atom. The van der Waals surface area contributed by atoms with E-state index < -0.39 is 6.09 Å². The zero-order chi connectivity index (χ0) is 11.5. The van der Waals surface area contributed by atoms with Crippen LogP contribution in [0.1, 0.15) is 6.42 Å². The van der Waals surface area contributed by atoms with Gasteiger partial charge in [0.05, 0.1) is 5.75 Å². The van der Waals surface area contributed by atoms with Crippen LogP contribution in [0.15, 0.2) is 12.7 Å². The van der Waals surface area contributed by atoms with Gasteiger partial charge >= 0.3 is 6.09 Å². The maximum atomic E-state index is 10.9. The molecular formula is C9H16N2O3S. The molecule has 0 aliphatic rings. The lowest BCUT2D eigenvalue weighted by Gasteiger charge is -2.05. The Morgan fingerprint density at radius 2 is 2.00 bits per heavy atom. The van der Waals surface area contributed by atoms with Crippen LogP contribution in [0.5, 0.6) is 0 Å². The van der Waals surface area contributed by atoms with Crippen LogP contribution in [-0.4, -0.2) is 37.4 Å². The summed E-state index contributed by atoms with van der Waals surface area (Å²) >= 11 is 3.80. The Labute approximate surface area is 94.7 Å². The fourth-order valence-electron chi connectivity index (χ4n) is 0.748. The first-order valence-electron chi connectivity index (χ1n) is 4.59. The normalized spacial score (nSPS) is 9.13. The Balaban J connectivity index is 3.26. The van der Waals surface area contributed by atoms with Gasteiger partial charge in [-0.05, 0) is 6.42 Å². The lowest BCUT2D eigenvalue weighted by Crippen LogP contribution is -2.30. The van der Waals surface area contributed by atoms with E-state index in [4.69, 9.17) is 0 Å². The van der Waals surface area contributed by atoms with Crippen molar-refractivity contribution < 1.29 is 14.3 Å². The van der Waals surface area contributed by atoms with Crippen molar-refractivity contribution in [1.29, 1.82) is 0 Å². The molecule has 2 N–H and O–H groups in total. The first kappa shape index (κ1) is 13.8. The predicted octanol–water partition coefficient (Wildman–Crippen LogP) is 0.335. The standard InChI is InChI=1S/C9H16N2O3S/c1-2-6-14-9(13)11-5-3-4-10-8(12)7-15/h2,15H,1,3-7H2,(H,10,12)(H,11,13). The molecule has 0 radical (unpaired) electrons. The molecule has 0 saturated carbocycles. The zero-order valence-corrected chi connectivity index (χ0v) is 9.39. The molecule has 0 spiro atoms. The van der Waals surface area contributed by atoms with Crippen LogP contribution in [0.2, 0.25) is 0 Å². The second kappa shape index (κ2) is 9.39. The number of thiol groups is 1. The largest absolute Gasteiger partial charge is 0.445 e. The molecule has 6 heteroatoms. The third-order valence-corrected chi connectivity index (χ3v) is 1.71. The van der Waals surface area contributed by atoms with Crippen molar-refractivity contribution in [3.05, 3.63) is 12.7 Å². The first-order chi connectivity index (χ1) is 7.20. The van der Waals surface area contributed by atoms with Gasteiger partial charge in [-0.25, -0.2) is 4.79 Å². The van der Waals surface area contributed by atoms with E-state index in [0.29, 0.717) is 19.5 Å². The van der Waals surface area contributed by atoms with Gasteiger partial charge in [-0.2, -0.15) is 12.6 Å². The van der Waals surface area contributed by atoms with Gasteiger partial charge in [-0.15, -0.1) is 0 Å². The molecule has 86 valence electrons. The fraction of sp³-hybridized carbons (Fsp3) is 0.556. The molecule has 0 unspecified atom stereocenters. The van der Waals surface area contributed by atoms with Crippen LogP contribution < -0.4 is 10.6 Å². The van der Waals surface area contributed by atoms with Crippen molar-refractivity contribution in [2.24, 2.45) is 0 Å². The molecule has 0 aliphatic carbocycles. The molecule has 5 nitrogen and oxygen atoms in total. The van der Waals surface area contributed by atoms with Crippen LogP contribution in [0.4, 0.5) is 4.79 Å². The molecule has 0 heterocycles. The minimum absolute atomic E-state index is 0.118. The van der Waals surface area contributed by atoms with Gasteiger partial charge in [0.2, 0.25) is 5.91 Å². The summed E-state index contributed by atoms with van der Waals surface area (Å²) in [4.78, 5) is 21.6. The lowest BCUT2D eigenvalue weighted by molar-refractivity contribution is -0.118. The minimum atomic E-state index is -0.476. The Kier molecular flexibility index (Phi) is 8.66. The minimum Gasteiger partial charge on any atom is -0.445 e. The van der Waals surface area contributed by atoms with E-state index >= 15 is 0 Å². The molecule has 15 heavy (non-hydrogen) atoms. The van der Waals surface area contributed by atoms with E-state index in [-0.39, 0.29) is 18.3 Å². The third-order valence-electron chi connectivity index (χ3n) is 1.42. The molecule has 2 amide bonds. The Bertz CT molecular complexity index is 221. The van der Waals surface area contributed by atoms with Crippen LogP contribution in [-0.2, 0) is 9.53 Å². The monoisotopic (exact) mass is 232 g/mol. The van der Waals surface area contributed by atoms with Gasteiger partial charge in [-0.1, -0.05) is 12.7 Å². The van der Waals surface area contributed by atoms with Crippen LogP contribution in [0.25, 0.3) is 0 Å². The van der Waals surface area contributed by atoms with Crippen molar-refractivity contribution in [3.63, 3.8) is 0 Å². The number of ether oxygens (including phenoxy) is 1. The fourth-order valence-corrected chi connectivity index (χ4v) is 0.860. The van der Waals surface area contributed by atoms with E-state index in [1.807, 2.05) is 0 Å². The SMILES string of the molecule is C=CCOC(=O)NCCCNC(=O)CS. The van der Waals surface area contributed by atoms with Gasteiger partial charge in [0.25, 0.3) is 0 Å². The topological polar surface area (TPSA) is 67.4 Å². The molecule has 0 bridgehead atoms. The number of carbonyl (C=O) groups excluding carboxylic acids is 2. The smallest absolute Gasteiger partial charge is 0.407 e. The van der Waals surface area contributed by atoms with Gasteiger partial charge in [-0.3, -0.25) is 4.79 Å². The third kappa shape index (κ3) is 9.14. The first-order valence-corrected chi connectivity index (χ1v) is 5.23. The van der Waals surface area contributed by atoms with E-state index in [1.165, 1.54) is 6.08 Å². The summed E-state index contributed by atoms with van der Waals surface area (Å²) in [6.07, 6.45) is 1.67. The maximum Gasteiger partial charge on any atom is 0.407 e. The second-order valence-corrected chi connectivity index (χ2v) is 2.99. The molecule has 0 aromatic rings. The number of carbonyl (C=O) groups is 2. The zero-order valence-electron chi connectivity index (χ0n) is 8.49. The quantitative estimate of drug-likeness (QED) is 0.337. The summed E-state index contributed by atoms with van der Waals surface area (Å²) in [6.45, 7) is 4.58. The number of hydrogen-bond acceptors (Lipinski definition) is 4. The molecule has 0 aromatic heterocycles. The van der Waals surface area contributed by atoms with Gasteiger partial charge < -0.3 is 15.4 Å². The van der Waals surface area contributed by atoms with E-state index in [9.17, 15) is 9.59 Å². The van der Waals surface area contributed by atoms with Crippen LogP contribution >= 0.6 is 12.6 Å². The average Bonchev–Trinajstić information content (AvgIpc) is 2.25. The highest BCUT2D eigenvalue weighted by molar-refractivity contribution is 7.81. The maximum absolute atomic E-state index is 10.9. The molecular weight excluding hydrogens is 216 g/mol. The predicted molar refractivity (Wildman–Crippen MR) is 61.0 cm³/mol. The summed E-state index contributed by atoms with van der Waals surface area (Å²) < 4.78 is 4.67. The molecule has 0 saturated heterocycles. The highest BCUT2D eigenvalue weighted by atomic mass is 32.1. The number of alkyl carbamates (subject to hydrolysis) is 1. The average molecular weight is 232 g/mol. The summed E-state index contributed by atoms with van der Waals surface area (Å²) in [5.41, 5.74) is 0. The Hall–Kier alpha value is -1.17. The van der Waals surface area contributed by atoms with Crippen molar-refractivity contribution in [2.45, 2.75) is 6.42 Å². The van der Waals surface area contributed by atoms with Crippen molar-refractivity contribution >= 4 is 24.6 Å².